The van der Waals surface area contributed by atoms with Gasteiger partial charge in [-0.1, -0.05) is 66.7 Å². The lowest BCUT2D eigenvalue weighted by molar-refractivity contribution is 0.102. The van der Waals surface area contributed by atoms with Crippen LogP contribution in [0.3, 0.4) is 0 Å². The van der Waals surface area contributed by atoms with Crippen LogP contribution < -0.4 is 20.1 Å². The number of hydrogen-bond donors (Lipinski definition) is 2. The van der Waals surface area contributed by atoms with Crippen molar-refractivity contribution in [1.82, 2.24) is 0 Å². The van der Waals surface area contributed by atoms with E-state index >= 15 is 0 Å². The van der Waals surface area contributed by atoms with Crippen LogP contribution in [0, 0.1) is 0 Å². The molecular formula is C32H24N2O4. The molecule has 0 fully saturated rings. The third-order valence-electron chi connectivity index (χ3n) is 5.60. The van der Waals surface area contributed by atoms with Gasteiger partial charge in [-0.2, -0.15) is 0 Å². The number of para-hydroxylation sites is 6. The molecule has 6 nitrogen and oxygen atoms in total. The fraction of sp³-hybridized carbons (Fsp3) is 0. The quantitative estimate of drug-likeness (QED) is 0.228. The molecule has 0 atom stereocenters. The molecule has 2 N–H and O–H groups in total. The number of anilines is 2. The molecule has 5 aromatic rings. The zero-order chi connectivity index (χ0) is 26.2. The normalized spacial score (nSPS) is 10.3. The molecule has 0 aliphatic carbocycles. The van der Waals surface area contributed by atoms with Gasteiger partial charge in [0.2, 0.25) is 0 Å². The first-order valence-electron chi connectivity index (χ1n) is 12.0. The summed E-state index contributed by atoms with van der Waals surface area (Å²) in [5, 5.41) is 5.77. The maximum atomic E-state index is 13.1. The van der Waals surface area contributed by atoms with Crippen LogP contribution in [0.15, 0.2) is 133 Å². The second kappa shape index (κ2) is 11.6. The van der Waals surface area contributed by atoms with Crippen molar-refractivity contribution < 1.29 is 19.1 Å². The van der Waals surface area contributed by atoms with Crippen LogP contribution in [-0.2, 0) is 0 Å². The number of carbonyl (C=O) groups excluding carboxylic acids is 2. The van der Waals surface area contributed by atoms with Crippen LogP contribution in [-0.4, -0.2) is 11.8 Å². The molecule has 6 heteroatoms. The van der Waals surface area contributed by atoms with E-state index in [1.54, 1.807) is 48.5 Å². The molecule has 38 heavy (non-hydrogen) atoms. The molecule has 0 saturated carbocycles. The third-order valence-corrected chi connectivity index (χ3v) is 5.60. The van der Waals surface area contributed by atoms with E-state index in [1.807, 2.05) is 84.9 Å². The number of carbonyl (C=O) groups is 2. The molecule has 5 aromatic carbocycles. The topological polar surface area (TPSA) is 76.7 Å². The lowest BCUT2D eigenvalue weighted by atomic mass is 10.1. The fourth-order valence-electron chi connectivity index (χ4n) is 3.74. The number of amides is 2. The maximum Gasteiger partial charge on any atom is 0.255 e. The van der Waals surface area contributed by atoms with E-state index in [0.717, 1.165) is 0 Å². The average molecular weight is 501 g/mol. The van der Waals surface area contributed by atoms with Crippen molar-refractivity contribution in [3.05, 3.63) is 145 Å². The zero-order valence-corrected chi connectivity index (χ0v) is 20.3. The van der Waals surface area contributed by atoms with Crippen LogP contribution in [0.5, 0.6) is 23.0 Å². The molecule has 0 heterocycles. The summed E-state index contributed by atoms with van der Waals surface area (Å²) in [6.45, 7) is 0. The molecule has 0 aromatic heterocycles. The van der Waals surface area contributed by atoms with E-state index in [4.69, 9.17) is 9.47 Å². The van der Waals surface area contributed by atoms with Crippen molar-refractivity contribution in [1.29, 1.82) is 0 Å². The number of benzene rings is 5. The van der Waals surface area contributed by atoms with Crippen molar-refractivity contribution in [2.24, 2.45) is 0 Å². The van der Waals surface area contributed by atoms with Crippen molar-refractivity contribution in [3.8, 4) is 23.0 Å². The maximum absolute atomic E-state index is 13.1. The summed E-state index contributed by atoms with van der Waals surface area (Å²) in [4.78, 5) is 26.2. The second-order valence-electron chi connectivity index (χ2n) is 8.31. The lowest BCUT2D eigenvalue weighted by Crippen LogP contribution is -2.16. The molecule has 0 bridgehead atoms. The average Bonchev–Trinajstić information content (AvgIpc) is 2.96. The van der Waals surface area contributed by atoms with Crippen molar-refractivity contribution >= 4 is 23.2 Å². The Hall–Kier alpha value is -5.36. The minimum atomic E-state index is -0.364. The highest BCUT2D eigenvalue weighted by Crippen LogP contribution is 2.31. The van der Waals surface area contributed by atoms with E-state index in [-0.39, 0.29) is 11.8 Å². The standard InChI is InChI=1S/C32H24N2O4/c35-31(33-27-18-7-9-20-29(27)37-25-14-3-1-4-15-25)23-12-11-13-24(22-23)32(36)34-28-19-8-10-21-30(28)38-26-16-5-2-6-17-26/h1-22H,(H,33,35)(H,34,36). The van der Waals surface area contributed by atoms with E-state index in [1.165, 1.54) is 0 Å². The first-order valence-corrected chi connectivity index (χ1v) is 12.0. The number of rotatable bonds is 8. The minimum absolute atomic E-state index is 0.334. The molecule has 0 spiro atoms. The summed E-state index contributed by atoms with van der Waals surface area (Å²) in [5.74, 6) is 1.61. The first kappa shape index (κ1) is 24.3. The Morgan fingerprint density at radius 1 is 0.447 bits per heavy atom. The lowest BCUT2D eigenvalue weighted by Gasteiger charge is -2.13. The highest BCUT2D eigenvalue weighted by molar-refractivity contribution is 6.09. The monoisotopic (exact) mass is 500 g/mol. The van der Waals surface area contributed by atoms with Gasteiger partial charge >= 0.3 is 0 Å². The van der Waals surface area contributed by atoms with Gasteiger partial charge < -0.3 is 20.1 Å². The Bertz CT molecular complexity index is 1440. The molecule has 2 amide bonds. The minimum Gasteiger partial charge on any atom is -0.455 e. The highest BCUT2D eigenvalue weighted by atomic mass is 16.5. The predicted molar refractivity (Wildman–Crippen MR) is 148 cm³/mol. The largest absolute Gasteiger partial charge is 0.455 e. The highest BCUT2D eigenvalue weighted by Gasteiger charge is 2.15. The zero-order valence-electron chi connectivity index (χ0n) is 20.3. The molecule has 0 saturated heterocycles. The number of ether oxygens (including phenoxy) is 2. The molecule has 5 rings (SSSR count). The van der Waals surface area contributed by atoms with Gasteiger partial charge in [0.1, 0.15) is 11.5 Å². The Morgan fingerprint density at radius 3 is 1.29 bits per heavy atom. The summed E-state index contributed by atoms with van der Waals surface area (Å²) in [5.41, 5.74) is 1.70. The molecule has 0 radical (unpaired) electrons. The summed E-state index contributed by atoms with van der Waals surface area (Å²) >= 11 is 0. The Kier molecular flexibility index (Phi) is 7.42. The summed E-state index contributed by atoms with van der Waals surface area (Å²) in [6.07, 6.45) is 0. The van der Waals surface area contributed by atoms with Crippen molar-refractivity contribution in [3.63, 3.8) is 0 Å². The van der Waals surface area contributed by atoms with E-state index in [0.29, 0.717) is 45.5 Å². The van der Waals surface area contributed by atoms with Gasteiger partial charge in [-0.25, -0.2) is 0 Å². The van der Waals surface area contributed by atoms with Gasteiger partial charge in [0.25, 0.3) is 11.8 Å². The van der Waals surface area contributed by atoms with E-state index in [9.17, 15) is 9.59 Å². The molecule has 0 unspecified atom stereocenters. The number of nitrogens with one attached hydrogen (secondary N) is 2. The smallest absolute Gasteiger partial charge is 0.255 e. The molecule has 0 aliphatic heterocycles. The molecule has 186 valence electrons. The number of hydrogen-bond acceptors (Lipinski definition) is 4. The van der Waals surface area contributed by atoms with Crippen molar-refractivity contribution in [2.45, 2.75) is 0 Å². The summed E-state index contributed by atoms with van der Waals surface area (Å²) < 4.78 is 11.9. The van der Waals surface area contributed by atoms with Gasteiger partial charge in [-0.3, -0.25) is 9.59 Å². The SMILES string of the molecule is O=C(Nc1ccccc1Oc1ccccc1)c1cccc(C(=O)Nc2ccccc2Oc2ccccc2)c1. The van der Waals surface area contributed by atoms with Crippen molar-refractivity contribution in [2.75, 3.05) is 10.6 Å². The van der Waals surface area contributed by atoms with Crippen LogP contribution >= 0.6 is 0 Å². The Labute approximate surface area is 220 Å². The van der Waals surface area contributed by atoms with Crippen LogP contribution in [0.4, 0.5) is 11.4 Å². The molecule has 0 aliphatic rings. The first-order chi connectivity index (χ1) is 18.7. The van der Waals surface area contributed by atoms with Crippen LogP contribution in [0.25, 0.3) is 0 Å². The van der Waals surface area contributed by atoms with E-state index < -0.39 is 0 Å². The Balaban J connectivity index is 1.30. The molecular weight excluding hydrogens is 476 g/mol. The Morgan fingerprint density at radius 2 is 0.842 bits per heavy atom. The fourth-order valence-corrected chi connectivity index (χ4v) is 3.74. The van der Waals surface area contributed by atoms with Gasteiger partial charge in [0.15, 0.2) is 11.5 Å². The van der Waals surface area contributed by atoms with Crippen LogP contribution in [0.1, 0.15) is 20.7 Å². The summed E-state index contributed by atoms with van der Waals surface area (Å²) in [6, 6.07) is 39.5. The van der Waals surface area contributed by atoms with Crippen LogP contribution in [0.2, 0.25) is 0 Å². The van der Waals surface area contributed by atoms with E-state index in [2.05, 4.69) is 10.6 Å². The third kappa shape index (κ3) is 6.06. The predicted octanol–water partition coefficient (Wildman–Crippen LogP) is 7.78. The second-order valence-corrected chi connectivity index (χ2v) is 8.31. The van der Waals surface area contributed by atoms with Gasteiger partial charge in [-0.05, 0) is 66.7 Å². The van der Waals surface area contributed by atoms with Gasteiger partial charge in [0.05, 0.1) is 11.4 Å². The van der Waals surface area contributed by atoms with Gasteiger partial charge in [0, 0.05) is 11.1 Å². The summed E-state index contributed by atoms with van der Waals surface area (Å²) in [7, 11) is 0. The van der Waals surface area contributed by atoms with Gasteiger partial charge in [-0.15, -0.1) is 0 Å².